The lowest BCUT2D eigenvalue weighted by molar-refractivity contribution is -0.385. The first-order chi connectivity index (χ1) is 17.3. The second kappa shape index (κ2) is 9.77. The van der Waals surface area contributed by atoms with Crippen LogP contribution in [0.2, 0.25) is 10.0 Å². The number of nitrogens with zero attached hydrogens (tertiary/aromatic N) is 4. The van der Waals surface area contributed by atoms with Gasteiger partial charge >= 0.3 is 0 Å². The quantitative estimate of drug-likeness (QED) is 0.156. The van der Waals surface area contributed by atoms with E-state index in [2.05, 4.69) is 5.10 Å². The van der Waals surface area contributed by atoms with Crippen LogP contribution < -0.4 is 14.3 Å². The van der Waals surface area contributed by atoms with Gasteiger partial charge in [-0.25, -0.2) is 9.67 Å². The van der Waals surface area contributed by atoms with Gasteiger partial charge in [0.05, 0.1) is 44.2 Å². The molecule has 5 rings (SSSR count). The van der Waals surface area contributed by atoms with E-state index < -0.39 is 4.92 Å². The Morgan fingerprint density at radius 3 is 2.58 bits per heavy atom. The molecule has 1 aromatic heterocycles. The minimum atomic E-state index is -0.483. The van der Waals surface area contributed by atoms with Crippen molar-refractivity contribution in [1.82, 2.24) is 4.68 Å². The first kappa shape index (κ1) is 24.1. The average Bonchev–Trinajstić information content (AvgIpc) is 3.47. The van der Waals surface area contributed by atoms with Crippen molar-refractivity contribution in [2.75, 3.05) is 6.79 Å². The Hall–Kier alpha value is -3.66. The summed E-state index contributed by atoms with van der Waals surface area (Å²) in [6.07, 6.45) is 1.41. The first-order valence-electron chi connectivity index (χ1n) is 10.7. The summed E-state index contributed by atoms with van der Waals surface area (Å²) in [6.45, 7) is 3.99. The second-order valence-corrected chi connectivity index (χ2v) is 9.66. The lowest BCUT2D eigenvalue weighted by Crippen LogP contribution is -2.12. The molecule has 0 saturated heterocycles. The highest BCUT2D eigenvalue weighted by molar-refractivity contribution is 7.07. The van der Waals surface area contributed by atoms with Gasteiger partial charge in [0.2, 0.25) is 11.6 Å². The molecule has 8 nitrogen and oxygen atoms in total. The monoisotopic (exact) mass is 540 g/mol. The number of hydrogen-bond acceptors (Lipinski definition) is 7. The Bertz CT molecular complexity index is 1610. The number of nitro groups is 1. The molecule has 4 aromatic rings. The molecule has 0 atom stereocenters. The number of thiazole rings is 1. The van der Waals surface area contributed by atoms with Crippen LogP contribution in [0.3, 0.4) is 0 Å². The van der Waals surface area contributed by atoms with Gasteiger partial charge < -0.3 is 9.47 Å². The zero-order chi connectivity index (χ0) is 25.4. The van der Waals surface area contributed by atoms with Crippen LogP contribution in [0.15, 0.2) is 64.0 Å². The van der Waals surface area contributed by atoms with Gasteiger partial charge in [0.15, 0.2) is 11.5 Å². The van der Waals surface area contributed by atoms with Gasteiger partial charge in [-0.15, -0.1) is 11.3 Å². The van der Waals surface area contributed by atoms with Crippen LogP contribution in [0.25, 0.3) is 11.3 Å². The predicted octanol–water partition coefficient (Wildman–Crippen LogP) is 6.89. The minimum absolute atomic E-state index is 0.00666. The van der Waals surface area contributed by atoms with Crippen LogP contribution in [0, 0.1) is 24.0 Å². The average molecular weight is 541 g/mol. The Morgan fingerprint density at radius 2 is 1.83 bits per heavy atom. The van der Waals surface area contributed by atoms with E-state index in [1.165, 1.54) is 29.7 Å². The molecule has 0 fully saturated rings. The number of halogens is 2. The summed E-state index contributed by atoms with van der Waals surface area (Å²) in [5.41, 5.74) is 4.46. The van der Waals surface area contributed by atoms with Crippen molar-refractivity contribution in [2.45, 2.75) is 13.8 Å². The number of ether oxygens (including phenoxy) is 2. The van der Waals surface area contributed by atoms with E-state index in [0.717, 1.165) is 22.4 Å². The molecule has 11 heteroatoms. The smallest absolute Gasteiger partial charge is 0.282 e. The molecular formula is C25H18Cl2N4O4S. The van der Waals surface area contributed by atoms with E-state index in [0.29, 0.717) is 32.0 Å². The van der Waals surface area contributed by atoms with E-state index in [1.54, 1.807) is 16.8 Å². The Kier molecular flexibility index (Phi) is 6.53. The van der Waals surface area contributed by atoms with Gasteiger partial charge in [0.25, 0.3) is 5.69 Å². The Morgan fingerprint density at radius 1 is 1.06 bits per heavy atom. The van der Waals surface area contributed by atoms with E-state index in [9.17, 15) is 10.1 Å². The molecule has 0 bridgehead atoms. The van der Waals surface area contributed by atoms with E-state index in [1.807, 2.05) is 43.5 Å². The molecule has 0 saturated carbocycles. The molecule has 0 N–H and O–H groups in total. The van der Waals surface area contributed by atoms with E-state index >= 15 is 0 Å². The normalized spacial score (nSPS) is 13.1. The van der Waals surface area contributed by atoms with Crippen molar-refractivity contribution in [3.8, 4) is 22.8 Å². The summed E-state index contributed by atoms with van der Waals surface area (Å²) in [4.78, 5) is 16.7. The molecule has 1 aliphatic rings. The molecule has 0 aliphatic carbocycles. The SMILES string of the molecule is Cc1ccc(C)c(N=c2scc(-c3ccc(Cl)c(Cl)c3)n2N=Cc2cc3c(cc2[N+](=O)[O-])OCO3)c1. The van der Waals surface area contributed by atoms with Crippen LogP contribution >= 0.6 is 34.5 Å². The first-order valence-corrected chi connectivity index (χ1v) is 12.3. The molecule has 0 unspecified atom stereocenters. The van der Waals surface area contributed by atoms with E-state index in [4.69, 9.17) is 37.7 Å². The lowest BCUT2D eigenvalue weighted by atomic mass is 10.1. The maximum atomic E-state index is 11.7. The summed E-state index contributed by atoms with van der Waals surface area (Å²) in [5.74, 6) is 0.742. The van der Waals surface area contributed by atoms with Crippen LogP contribution in [-0.4, -0.2) is 22.6 Å². The van der Waals surface area contributed by atoms with Gasteiger partial charge in [-0.3, -0.25) is 10.1 Å². The molecule has 0 radical (unpaired) electrons. The highest BCUT2D eigenvalue weighted by atomic mass is 35.5. The molecule has 2 heterocycles. The van der Waals surface area contributed by atoms with Gasteiger partial charge in [-0.2, -0.15) is 5.10 Å². The molecule has 182 valence electrons. The topological polar surface area (TPSA) is 91.2 Å². The number of rotatable bonds is 5. The third-order valence-electron chi connectivity index (χ3n) is 5.51. The van der Waals surface area contributed by atoms with E-state index in [-0.39, 0.29) is 18.0 Å². The Labute approximate surface area is 219 Å². The zero-order valence-corrected chi connectivity index (χ0v) is 21.4. The minimum Gasteiger partial charge on any atom is -0.454 e. The van der Waals surface area contributed by atoms with Crippen LogP contribution in [0.5, 0.6) is 11.5 Å². The maximum absolute atomic E-state index is 11.7. The predicted molar refractivity (Wildman–Crippen MR) is 141 cm³/mol. The summed E-state index contributed by atoms with van der Waals surface area (Å²) < 4.78 is 12.3. The van der Waals surface area contributed by atoms with Crippen molar-refractivity contribution < 1.29 is 14.4 Å². The molecule has 36 heavy (non-hydrogen) atoms. The largest absolute Gasteiger partial charge is 0.454 e. The summed E-state index contributed by atoms with van der Waals surface area (Å²) >= 11 is 13.8. The highest BCUT2D eigenvalue weighted by Crippen LogP contribution is 2.37. The molecular weight excluding hydrogens is 523 g/mol. The van der Waals surface area contributed by atoms with Gasteiger partial charge in [0.1, 0.15) is 0 Å². The van der Waals surface area contributed by atoms with Crippen molar-refractivity contribution >= 4 is 52.1 Å². The third-order valence-corrected chi connectivity index (χ3v) is 7.07. The van der Waals surface area contributed by atoms with Crippen molar-refractivity contribution in [2.24, 2.45) is 10.1 Å². The van der Waals surface area contributed by atoms with Crippen LogP contribution in [0.1, 0.15) is 16.7 Å². The lowest BCUT2D eigenvalue weighted by Gasteiger charge is -2.06. The number of benzene rings is 3. The van der Waals surface area contributed by atoms with Gasteiger partial charge in [-0.05, 0) is 49.2 Å². The Balaban J connectivity index is 1.69. The number of nitro benzene ring substituents is 1. The molecule has 3 aromatic carbocycles. The zero-order valence-electron chi connectivity index (χ0n) is 19.1. The van der Waals surface area contributed by atoms with Crippen molar-refractivity contribution in [3.05, 3.63) is 95.6 Å². The fourth-order valence-corrected chi connectivity index (χ4v) is 4.76. The molecule has 1 aliphatic heterocycles. The van der Waals surface area contributed by atoms with Gasteiger partial charge in [0, 0.05) is 10.9 Å². The fraction of sp³-hybridized carbons (Fsp3) is 0.120. The standard InChI is InChI=1S/C25H18Cl2N4O4S/c1-14-3-4-15(2)20(7-14)29-25-30(22(12-36-25)16-5-6-18(26)19(27)8-16)28-11-17-9-23-24(35-13-34-23)10-21(17)31(32)33/h3-12H,13H2,1-2H3. The molecule has 0 spiro atoms. The third kappa shape index (κ3) is 4.73. The number of fused-ring (bicyclic) bond motifs is 1. The second-order valence-electron chi connectivity index (χ2n) is 8.01. The molecule has 0 amide bonds. The maximum Gasteiger partial charge on any atom is 0.282 e. The number of hydrogen-bond donors (Lipinski definition) is 0. The summed E-state index contributed by atoms with van der Waals surface area (Å²) in [6, 6.07) is 14.2. The summed E-state index contributed by atoms with van der Waals surface area (Å²) in [7, 11) is 0. The number of aromatic nitrogens is 1. The van der Waals surface area contributed by atoms with Crippen LogP contribution in [-0.2, 0) is 0 Å². The van der Waals surface area contributed by atoms with Gasteiger partial charge in [-0.1, -0.05) is 41.4 Å². The fourth-order valence-electron chi connectivity index (χ4n) is 3.61. The highest BCUT2D eigenvalue weighted by Gasteiger charge is 2.22. The van der Waals surface area contributed by atoms with Crippen molar-refractivity contribution in [1.29, 1.82) is 0 Å². The van der Waals surface area contributed by atoms with Crippen molar-refractivity contribution in [3.63, 3.8) is 0 Å². The summed E-state index contributed by atoms with van der Waals surface area (Å²) in [5, 5.41) is 19.1. The van der Waals surface area contributed by atoms with Crippen LogP contribution in [0.4, 0.5) is 11.4 Å². The number of aryl methyl sites for hydroxylation is 2.